The van der Waals surface area contributed by atoms with Crippen LogP contribution >= 0.6 is 0 Å². The molecule has 21 heavy (non-hydrogen) atoms. The Labute approximate surface area is 126 Å². The lowest BCUT2D eigenvalue weighted by Gasteiger charge is -2.24. The summed E-state index contributed by atoms with van der Waals surface area (Å²) in [6, 6.07) is 0. The first-order chi connectivity index (χ1) is 9.73. The molecule has 118 valence electrons. The van der Waals surface area contributed by atoms with E-state index in [1.807, 2.05) is 20.8 Å². The van der Waals surface area contributed by atoms with Gasteiger partial charge in [0, 0.05) is 17.0 Å². The smallest absolute Gasteiger partial charge is 0.411 e. The molecule has 0 spiro atoms. The van der Waals surface area contributed by atoms with Crippen molar-refractivity contribution in [2.24, 2.45) is 5.73 Å². The van der Waals surface area contributed by atoms with Crippen LogP contribution in [0, 0.1) is 0 Å². The van der Waals surface area contributed by atoms with E-state index in [4.69, 9.17) is 14.9 Å². The molecular weight excluding hydrogens is 268 g/mol. The van der Waals surface area contributed by atoms with E-state index in [1.54, 1.807) is 4.90 Å². The van der Waals surface area contributed by atoms with E-state index in [-0.39, 0.29) is 6.09 Å². The highest BCUT2D eigenvalue weighted by Crippen LogP contribution is 2.35. The minimum atomic E-state index is -0.482. The zero-order valence-corrected chi connectivity index (χ0v) is 13.7. The van der Waals surface area contributed by atoms with Crippen LogP contribution in [-0.4, -0.2) is 23.1 Å². The number of carbonyl (C=O) groups excluding carboxylic acids is 1. The first-order valence-corrected chi connectivity index (χ1v) is 7.54. The number of amides is 1. The lowest BCUT2D eigenvalue weighted by Crippen LogP contribution is -2.33. The molecular formula is C16H26N2O3. The summed E-state index contributed by atoms with van der Waals surface area (Å²) >= 11 is 0. The minimum Gasteiger partial charge on any atom is -0.463 e. The first-order valence-electron chi connectivity index (χ1n) is 7.54. The summed E-state index contributed by atoms with van der Waals surface area (Å²) < 4.78 is 11.4. The van der Waals surface area contributed by atoms with Crippen LogP contribution in [0.5, 0.6) is 0 Å². The van der Waals surface area contributed by atoms with Crippen molar-refractivity contribution < 1.29 is 13.9 Å². The van der Waals surface area contributed by atoms with Crippen molar-refractivity contribution in [1.29, 1.82) is 0 Å². The maximum atomic E-state index is 12.2. The third-order valence-corrected chi connectivity index (χ3v) is 3.49. The van der Waals surface area contributed by atoms with Crippen molar-refractivity contribution in [3.05, 3.63) is 22.6 Å². The summed E-state index contributed by atoms with van der Waals surface area (Å²) in [6.07, 6.45) is 0.493. The average Bonchev–Trinajstić information content (AvgIpc) is 2.86. The third kappa shape index (κ3) is 3.40. The van der Waals surface area contributed by atoms with Crippen molar-refractivity contribution in [3.8, 4) is 0 Å². The van der Waals surface area contributed by atoms with Crippen LogP contribution in [0.2, 0.25) is 0 Å². The van der Waals surface area contributed by atoms with Gasteiger partial charge in [-0.1, -0.05) is 13.8 Å². The van der Waals surface area contributed by atoms with Gasteiger partial charge >= 0.3 is 6.09 Å². The molecule has 0 atom stereocenters. The fourth-order valence-electron chi connectivity index (χ4n) is 2.64. The fourth-order valence-corrected chi connectivity index (χ4v) is 2.64. The van der Waals surface area contributed by atoms with Gasteiger partial charge in [0.05, 0.1) is 13.1 Å². The molecule has 0 fully saturated rings. The molecule has 0 saturated heterocycles. The van der Waals surface area contributed by atoms with Gasteiger partial charge in [-0.2, -0.15) is 0 Å². The van der Waals surface area contributed by atoms with E-state index in [0.29, 0.717) is 25.6 Å². The molecule has 0 radical (unpaired) electrons. The van der Waals surface area contributed by atoms with Crippen LogP contribution in [0.1, 0.15) is 63.2 Å². The SMILES string of the molecule is CC(C)c1oc2c(c1CCN)CN(C(=O)OC(C)(C)C)C2. The second-order valence-electron chi connectivity index (χ2n) is 6.88. The Morgan fingerprint density at radius 2 is 2.05 bits per heavy atom. The molecule has 5 nitrogen and oxygen atoms in total. The predicted molar refractivity (Wildman–Crippen MR) is 81.0 cm³/mol. The Morgan fingerprint density at radius 3 is 2.57 bits per heavy atom. The Kier molecular flexibility index (Phi) is 4.33. The molecule has 0 aliphatic carbocycles. The van der Waals surface area contributed by atoms with Gasteiger partial charge in [0.2, 0.25) is 0 Å². The number of rotatable bonds is 3. The van der Waals surface area contributed by atoms with Crippen LogP contribution in [0.25, 0.3) is 0 Å². The molecule has 0 bridgehead atoms. The standard InChI is InChI=1S/C16H26N2O3/c1-10(2)14-11(6-7-17)12-8-18(9-13(12)20-14)15(19)21-16(3,4)5/h10H,6-9,17H2,1-5H3. The van der Waals surface area contributed by atoms with Gasteiger partial charge in [-0.15, -0.1) is 0 Å². The molecule has 1 aliphatic heterocycles. The van der Waals surface area contributed by atoms with Gasteiger partial charge in [-0.25, -0.2) is 4.79 Å². The molecule has 2 rings (SSSR count). The number of nitrogens with zero attached hydrogens (tertiary/aromatic N) is 1. The molecule has 0 aromatic carbocycles. The van der Waals surface area contributed by atoms with E-state index in [9.17, 15) is 4.79 Å². The number of nitrogens with two attached hydrogens (primary N) is 1. The molecule has 1 aromatic heterocycles. The second kappa shape index (κ2) is 5.72. The van der Waals surface area contributed by atoms with Gasteiger partial charge in [0.25, 0.3) is 0 Å². The van der Waals surface area contributed by atoms with E-state index in [2.05, 4.69) is 13.8 Å². The van der Waals surface area contributed by atoms with Crippen LogP contribution in [-0.2, 0) is 24.2 Å². The topological polar surface area (TPSA) is 68.7 Å². The number of furan rings is 1. The Bertz CT molecular complexity index is 526. The third-order valence-electron chi connectivity index (χ3n) is 3.49. The zero-order valence-electron chi connectivity index (χ0n) is 13.7. The molecule has 2 N–H and O–H groups in total. The molecule has 2 heterocycles. The van der Waals surface area contributed by atoms with E-state index >= 15 is 0 Å². The lowest BCUT2D eigenvalue weighted by atomic mass is 10.0. The number of carbonyl (C=O) groups is 1. The highest BCUT2D eigenvalue weighted by Gasteiger charge is 2.33. The van der Waals surface area contributed by atoms with Crippen LogP contribution in [0.15, 0.2) is 4.42 Å². The second-order valence-corrected chi connectivity index (χ2v) is 6.88. The van der Waals surface area contributed by atoms with Crippen LogP contribution in [0.4, 0.5) is 4.79 Å². The minimum absolute atomic E-state index is 0.293. The van der Waals surface area contributed by atoms with Gasteiger partial charge in [0.15, 0.2) is 0 Å². The normalized spacial score (nSPS) is 14.7. The van der Waals surface area contributed by atoms with Gasteiger partial charge in [-0.05, 0) is 33.7 Å². The summed E-state index contributed by atoms with van der Waals surface area (Å²) in [6.45, 7) is 11.4. The van der Waals surface area contributed by atoms with E-state index < -0.39 is 5.60 Å². The molecule has 1 aliphatic rings. The maximum absolute atomic E-state index is 12.2. The van der Waals surface area contributed by atoms with Gasteiger partial charge in [0.1, 0.15) is 17.1 Å². The monoisotopic (exact) mass is 294 g/mol. The summed E-state index contributed by atoms with van der Waals surface area (Å²) in [5.41, 5.74) is 7.53. The van der Waals surface area contributed by atoms with Crippen LogP contribution < -0.4 is 5.73 Å². The summed E-state index contributed by atoms with van der Waals surface area (Å²) in [7, 11) is 0. The number of hydrogen-bond acceptors (Lipinski definition) is 4. The fraction of sp³-hybridized carbons (Fsp3) is 0.688. The summed E-state index contributed by atoms with van der Waals surface area (Å²) in [5.74, 6) is 2.22. The van der Waals surface area contributed by atoms with Gasteiger partial charge < -0.3 is 14.9 Å². The Balaban J connectivity index is 2.18. The van der Waals surface area contributed by atoms with Crippen LogP contribution in [0.3, 0.4) is 0 Å². The zero-order chi connectivity index (χ0) is 15.8. The molecule has 0 saturated carbocycles. The van der Waals surface area contributed by atoms with E-state index in [0.717, 1.165) is 23.5 Å². The molecule has 5 heteroatoms. The molecule has 1 aromatic rings. The summed E-state index contributed by atoms with van der Waals surface area (Å²) in [4.78, 5) is 13.8. The van der Waals surface area contributed by atoms with Gasteiger partial charge in [-0.3, -0.25) is 4.90 Å². The van der Waals surface area contributed by atoms with Crippen molar-refractivity contribution in [1.82, 2.24) is 4.90 Å². The highest BCUT2D eigenvalue weighted by atomic mass is 16.6. The van der Waals surface area contributed by atoms with Crippen molar-refractivity contribution >= 4 is 6.09 Å². The van der Waals surface area contributed by atoms with E-state index in [1.165, 1.54) is 5.56 Å². The Hall–Kier alpha value is -1.49. The summed E-state index contributed by atoms with van der Waals surface area (Å²) in [5, 5.41) is 0. The number of fused-ring (bicyclic) bond motifs is 1. The number of hydrogen-bond donors (Lipinski definition) is 1. The maximum Gasteiger partial charge on any atom is 0.411 e. The predicted octanol–water partition coefficient (Wildman–Crippen LogP) is 3.15. The molecule has 1 amide bonds. The lowest BCUT2D eigenvalue weighted by molar-refractivity contribution is 0.0233. The molecule has 0 unspecified atom stereocenters. The quantitative estimate of drug-likeness (QED) is 0.929. The number of ether oxygens (including phenoxy) is 1. The van der Waals surface area contributed by atoms with Crippen molar-refractivity contribution in [2.45, 2.75) is 65.6 Å². The van der Waals surface area contributed by atoms with Crippen molar-refractivity contribution in [2.75, 3.05) is 6.54 Å². The largest absolute Gasteiger partial charge is 0.463 e. The first kappa shape index (κ1) is 15.9. The highest BCUT2D eigenvalue weighted by molar-refractivity contribution is 5.69. The average molecular weight is 294 g/mol. The Morgan fingerprint density at radius 1 is 1.38 bits per heavy atom. The van der Waals surface area contributed by atoms with Crippen molar-refractivity contribution in [3.63, 3.8) is 0 Å².